The summed E-state index contributed by atoms with van der Waals surface area (Å²) in [7, 11) is 5.25. The summed E-state index contributed by atoms with van der Waals surface area (Å²) in [6.45, 7) is 3.82. The Bertz CT molecular complexity index is 1610. The average Bonchev–Trinajstić information content (AvgIpc) is 2.88. The van der Waals surface area contributed by atoms with E-state index in [9.17, 15) is 23.1 Å². The van der Waals surface area contributed by atoms with Gasteiger partial charge in [0.2, 0.25) is 0 Å². The second-order valence-corrected chi connectivity index (χ2v) is 10.6. The normalized spacial score (nSPS) is 18.4. The molecule has 1 aliphatic rings. The largest absolute Gasteiger partial charge is 0.507 e. The van der Waals surface area contributed by atoms with Crippen LogP contribution in [0, 0.1) is 5.41 Å². The smallest absolute Gasteiger partial charge is 0.416 e. The summed E-state index contributed by atoms with van der Waals surface area (Å²) in [4.78, 5) is 15.4. The van der Waals surface area contributed by atoms with Crippen LogP contribution in [0.4, 0.5) is 24.5 Å². The van der Waals surface area contributed by atoms with E-state index in [1.165, 1.54) is 19.2 Å². The predicted molar refractivity (Wildman–Crippen MR) is 145 cm³/mol. The van der Waals surface area contributed by atoms with Crippen molar-refractivity contribution >= 4 is 22.3 Å². The van der Waals surface area contributed by atoms with Gasteiger partial charge in [-0.25, -0.2) is 4.79 Å². The number of alkyl halides is 3. The minimum Gasteiger partial charge on any atom is -0.507 e. The molecular formula is C30H29F3N2O4. The van der Waals surface area contributed by atoms with E-state index in [4.69, 9.17) is 9.15 Å². The highest BCUT2D eigenvalue weighted by Gasteiger charge is 2.47. The topological polar surface area (TPSA) is 74.9 Å². The molecule has 1 unspecified atom stereocenters. The van der Waals surface area contributed by atoms with Crippen molar-refractivity contribution in [2.75, 3.05) is 31.4 Å². The maximum absolute atomic E-state index is 13.6. The van der Waals surface area contributed by atoms with E-state index < -0.39 is 34.7 Å². The first-order valence-corrected chi connectivity index (χ1v) is 12.4. The maximum Gasteiger partial charge on any atom is 0.416 e. The van der Waals surface area contributed by atoms with Gasteiger partial charge in [-0.05, 0) is 53.6 Å². The highest BCUT2D eigenvalue weighted by atomic mass is 19.4. The van der Waals surface area contributed by atoms with Crippen molar-refractivity contribution in [2.45, 2.75) is 32.0 Å². The van der Waals surface area contributed by atoms with Crippen molar-refractivity contribution in [3.8, 4) is 11.5 Å². The first-order valence-electron chi connectivity index (χ1n) is 12.4. The van der Waals surface area contributed by atoms with Gasteiger partial charge in [-0.15, -0.1) is 0 Å². The summed E-state index contributed by atoms with van der Waals surface area (Å²) in [5.41, 5.74) is 0.880. The zero-order valence-electron chi connectivity index (χ0n) is 22.2. The molecule has 0 fully saturated rings. The zero-order chi connectivity index (χ0) is 28.3. The van der Waals surface area contributed by atoms with E-state index in [2.05, 4.69) is 5.32 Å². The molecular weight excluding hydrogens is 509 g/mol. The van der Waals surface area contributed by atoms with E-state index in [0.717, 1.165) is 17.8 Å². The van der Waals surface area contributed by atoms with Gasteiger partial charge in [-0.3, -0.25) is 0 Å². The Morgan fingerprint density at radius 1 is 1.03 bits per heavy atom. The monoisotopic (exact) mass is 538 g/mol. The number of rotatable bonds is 4. The first kappa shape index (κ1) is 26.5. The molecule has 0 aliphatic carbocycles. The summed E-state index contributed by atoms with van der Waals surface area (Å²) >= 11 is 0. The fourth-order valence-corrected chi connectivity index (χ4v) is 5.57. The van der Waals surface area contributed by atoms with Crippen molar-refractivity contribution in [1.29, 1.82) is 0 Å². The molecule has 3 aromatic carbocycles. The second kappa shape index (κ2) is 9.25. The van der Waals surface area contributed by atoms with Crippen LogP contribution in [0.5, 0.6) is 11.5 Å². The van der Waals surface area contributed by atoms with E-state index in [0.29, 0.717) is 28.0 Å². The Morgan fingerprint density at radius 2 is 1.72 bits per heavy atom. The van der Waals surface area contributed by atoms with Gasteiger partial charge in [-0.1, -0.05) is 26.0 Å². The Balaban J connectivity index is 1.73. The van der Waals surface area contributed by atoms with E-state index in [1.54, 1.807) is 30.3 Å². The predicted octanol–water partition coefficient (Wildman–Crippen LogP) is 6.92. The fourth-order valence-electron chi connectivity index (χ4n) is 5.57. The van der Waals surface area contributed by atoms with E-state index in [-0.39, 0.29) is 16.9 Å². The number of aromatic hydroxyl groups is 1. The van der Waals surface area contributed by atoms with Crippen LogP contribution in [0.25, 0.3) is 11.0 Å². The molecule has 0 bridgehead atoms. The van der Waals surface area contributed by atoms with Crippen LogP contribution in [0.3, 0.4) is 0 Å². The number of hydrogen-bond donors (Lipinski definition) is 2. The second-order valence-electron chi connectivity index (χ2n) is 10.6. The number of benzene rings is 3. The third kappa shape index (κ3) is 4.45. The third-order valence-corrected chi connectivity index (χ3v) is 7.63. The molecule has 2 atom stereocenters. The Morgan fingerprint density at radius 3 is 2.33 bits per heavy atom. The average molecular weight is 539 g/mol. The van der Waals surface area contributed by atoms with E-state index >= 15 is 0 Å². The van der Waals surface area contributed by atoms with Gasteiger partial charge in [-0.2, -0.15) is 13.2 Å². The molecule has 0 saturated heterocycles. The lowest BCUT2D eigenvalue weighted by atomic mass is 9.63. The van der Waals surface area contributed by atoms with Gasteiger partial charge < -0.3 is 24.5 Å². The van der Waals surface area contributed by atoms with Crippen LogP contribution in [-0.2, 0) is 6.18 Å². The lowest BCUT2D eigenvalue weighted by molar-refractivity contribution is -0.137. The zero-order valence-corrected chi connectivity index (χ0v) is 22.2. The molecule has 9 heteroatoms. The molecule has 204 valence electrons. The molecule has 0 spiro atoms. The molecule has 0 saturated carbocycles. The summed E-state index contributed by atoms with van der Waals surface area (Å²) < 4.78 is 51.0. The molecule has 4 aromatic rings. The molecule has 2 heterocycles. The number of anilines is 2. The molecule has 5 rings (SSSR count). The van der Waals surface area contributed by atoms with Gasteiger partial charge in [0.15, 0.2) is 0 Å². The number of halogens is 3. The van der Waals surface area contributed by atoms with Gasteiger partial charge in [0.25, 0.3) is 0 Å². The highest BCUT2D eigenvalue weighted by molar-refractivity contribution is 5.87. The number of methoxy groups -OCH3 is 1. The molecule has 1 aliphatic heterocycles. The minimum absolute atomic E-state index is 0.0815. The quantitative estimate of drug-likeness (QED) is 0.275. The van der Waals surface area contributed by atoms with Crippen LogP contribution < -0.4 is 20.6 Å². The fraction of sp³-hybridized carbons (Fsp3) is 0.300. The lowest BCUT2D eigenvalue weighted by Crippen LogP contribution is -2.40. The van der Waals surface area contributed by atoms with E-state index in [1.807, 2.05) is 38.9 Å². The van der Waals surface area contributed by atoms with Gasteiger partial charge >= 0.3 is 11.8 Å². The molecule has 6 nitrogen and oxygen atoms in total. The Kier molecular flexibility index (Phi) is 6.28. The van der Waals surface area contributed by atoms with Crippen molar-refractivity contribution in [3.63, 3.8) is 0 Å². The van der Waals surface area contributed by atoms with Gasteiger partial charge in [0.1, 0.15) is 17.1 Å². The number of nitrogens with zero attached hydrogens (tertiary/aromatic N) is 1. The highest BCUT2D eigenvalue weighted by Crippen LogP contribution is 2.57. The van der Waals surface area contributed by atoms with Crippen molar-refractivity contribution < 1.29 is 27.4 Å². The van der Waals surface area contributed by atoms with Crippen molar-refractivity contribution in [3.05, 3.63) is 93.3 Å². The van der Waals surface area contributed by atoms with Crippen molar-refractivity contribution in [2.24, 2.45) is 5.41 Å². The SMILES string of the molecule is COc1ccc2c(c1)[C@H](c1c(O)c3ccc(N(C)C)cc3oc1=O)C(C)(C)C(c1ccc(C(F)(F)F)cc1)N2. The lowest BCUT2D eigenvalue weighted by Gasteiger charge is -2.47. The Labute approximate surface area is 223 Å². The molecule has 0 amide bonds. The van der Waals surface area contributed by atoms with Crippen LogP contribution in [0.2, 0.25) is 0 Å². The molecule has 2 N–H and O–H groups in total. The Hall–Kier alpha value is -4.14. The van der Waals surface area contributed by atoms with Crippen LogP contribution in [0.1, 0.15) is 48.1 Å². The number of nitrogens with one attached hydrogen (secondary N) is 1. The third-order valence-electron chi connectivity index (χ3n) is 7.63. The van der Waals surface area contributed by atoms with Gasteiger partial charge in [0.05, 0.1) is 29.7 Å². The standard InChI is InChI=1S/C30H29F3N2O4/c1-29(2)25(24-26(36)20-12-10-18(35(3)4)14-23(20)39-28(24)37)21-15-19(38-5)11-13-22(21)34-27(29)16-6-8-17(9-7-16)30(31,32)33/h6-15,25,27,34,36H,1-5H3/t25-,27?/m1/s1. The summed E-state index contributed by atoms with van der Waals surface area (Å²) in [5, 5.41) is 15.4. The van der Waals surface area contributed by atoms with Crippen molar-refractivity contribution in [1.82, 2.24) is 0 Å². The summed E-state index contributed by atoms with van der Waals surface area (Å²) in [6.07, 6.45) is -4.46. The molecule has 0 radical (unpaired) electrons. The molecule has 1 aromatic heterocycles. The summed E-state index contributed by atoms with van der Waals surface area (Å²) in [6, 6.07) is 15.1. The summed E-state index contributed by atoms with van der Waals surface area (Å²) in [5.74, 6) is -0.318. The first-order chi connectivity index (χ1) is 18.3. The maximum atomic E-state index is 13.6. The van der Waals surface area contributed by atoms with Crippen LogP contribution in [-0.4, -0.2) is 26.3 Å². The number of fused-ring (bicyclic) bond motifs is 2. The van der Waals surface area contributed by atoms with Crippen LogP contribution >= 0.6 is 0 Å². The minimum atomic E-state index is -4.46. The number of ether oxygens (including phenoxy) is 1. The van der Waals surface area contributed by atoms with Gasteiger partial charge in [0, 0.05) is 42.9 Å². The number of hydrogen-bond acceptors (Lipinski definition) is 6. The van der Waals surface area contributed by atoms with Crippen LogP contribution in [0.15, 0.2) is 69.9 Å². The molecule has 39 heavy (non-hydrogen) atoms.